The van der Waals surface area contributed by atoms with Crippen LogP contribution in [0.3, 0.4) is 0 Å². The molecule has 2 aromatic heterocycles. The lowest BCUT2D eigenvalue weighted by molar-refractivity contribution is 0.0597. The quantitative estimate of drug-likeness (QED) is 0.872. The van der Waals surface area contributed by atoms with E-state index in [0.29, 0.717) is 5.69 Å². The molecule has 0 spiro atoms. The third kappa shape index (κ3) is 2.39. The number of nitrogens with one attached hydrogen (secondary N) is 1. The summed E-state index contributed by atoms with van der Waals surface area (Å²) in [4.78, 5) is 16.0. The van der Waals surface area contributed by atoms with E-state index in [0.717, 1.165) is 28.8 Å². The van der Waals surface area contributed by atoms with Crippen LogP contribution in [0.2, 0.25) is 0 Å². The predicted molar refractivity (Wildman–Crippen MR) is 71.9 cm³/mol. The molecular formula is C12H14BrN3O2. The van der Waals surface area contributed by atoms with Crippen LogP contribution in [-0.2, 0) is 11.2 Å². The van der Waals surface area contributed by atoms with Gasteiger partial charge in [-0.15, -0.1) is 0 Å². The first kappa shape index (κ1) is 13.0. The van der Waals surface area contributed by atoms with Gasteiger partial charge in [0, 0.05) is 23.6 Å². The topological polar surface area (TPSA) is 55.6 Å². The minimum Gasteiger partial charge on any atom is -0.464 e. The van der Waals surface area contributed by atoms with Crippen molar-refractivity contribution in [2.45, 2.75) is 6.42 Å². The molecule has 2 heterocycles. The first-order valence-electron chi connectivity index (χ1n) is 5.56. The van der Waals surface area contributed by atoms with Gasteiger partial charge in [-0.05, 0) is 35.1 Å². The number of ether oxygens (including phenoxy) is 1. The summed E-state index contributed by atoms with van der Waals surface area (Å²) in [5, 5.41) is 3.07. The first-order valence-corrected chi connectivity index (χ1v) is 6.36. The maximum atomic E-state index is 11.7. The number of hydrogen-bond donors (Lipinski definition) is 1. The average Bonchev–Trinajstić information content (AvgIpc) is 2.73. The Morgan fingerprint density at radius 3 is 3.00 bits per heavy atom. The molecule has 0 aliphatic heterocycles. The van der Waals surface area contributed by atoms with Gasteiger partial charge in [0.1, 0.15) is 5.82 Å². The molecule has 0 saturated carbocycles. The molecule has 18 heavy (non-hydrogen) atoms. The summed E-state index contributed by atoms with van der Waals surface area (Å²) >= 11 is 3.42. The molecular weight excluding hydrogens is 298 g/mol. The van der Waals surface area contributed by atoms with Gasteiger partial charge >= 0.3 is 5.97 Å². The van der Waals surface area contributed by atoms with Crippen molar-refractivity contribution in [1.82, 2.24) is 14.7 Å². The third-order valence-electron chi connectivity index (χ3n) is 2.65. The largest absolute Gasteiger partial charge is 0.464 e. The number of esters is 1. The zero-order valence-electron chi connectivity index (χ0n) is 10.2. The highest BCUT2D eigenvalue weighted by molar-refractivity contribution is 9.10. The van der Waals surface area contributed by atoms with Crippen molar-refractivity contribution in [3.8, 4) is 0 Å². The molecule has 0 aromatic carbocycles. The number of nitrogens with zero attached hydrogens (tertiary/aromatic N) is 2. The Morgan fingerprint density at radius 2 is 2.33 bits per heavy atom. The van der Waals surface area contributed by atoms with E-state index in [-0.39, 0.29) is 0 Å². The Hall–Kier alpha value is -1.40. The van der Waals surface area contributed by atoms with E-state index >= 15 is 0 Å². The van der Waals surface area contributed by atoms with Gasteiger partial charge in [0.05, 0.1) is 12.6 Å². The molecule has 0 radical (unpaired) electrons. The zero-order chi connectivity index (χ0) is 13.1. The first-order chi connectivity index (χ1) is 8.67. The van der Waals surface area contributed by atoms with Gasteiger partial charge in [0.25, 0.3) is 0 Å². The summed E-state index contributed by atoms with van der Waals surface area (Å²) in [6, 6.07) is 3.73. The Bertz CT molecular complexity index is 580. The van der Waals surface area contributed by atoms with Crippen LogP contribution in [0.4, 0.5) is 0 Å². The summed E-state index contributed by atoms with van der Waals surface area (Å²) in [6.07, 6.45) is 2.64. The van der Waals surface area contributed by atoms with Crippen LogP contribution in [0.15, 0.2) is 22.8 Å². The van der Waals surface area contributed by atoms with E-state index in [1.807, 2.05) is 29.8 Å². The lowest BCUT2D eigenvalue weighted by Gasteiger charge is -2.01. The second kappa shape index (κ2) is 5.49. The van der Waals surface area contributed by atoms with Gasteiger partial charge < -0.3 is 14.5 Å². The number of aromatic nitrogens is 2. The fourth-order valence-corrected chi connectivity index (χ4v) is 2.12. The van der Waals surface area contributed by atoms with Crippen LogP contribution in [-0.4, -0.2) is 36.1 Å². The summed E-state index contributed by atoms with van der Waals surface area (Å²) in [5.74, 6) is 0.423. The second-order valence-corrected chi connectivity index (χ2v) is 4.74. The van der Waals surface area contributed by atoms with E-state index in [4.69, 9.17) is 4.74 Å². The minimum atomic E-state index is -0.412. The van der Waals surface area contributed by atoms with Crippen LogP contribution >= 0.6 is 15.9 Å². The smallest absolute Gasteiger partial charge is 0.358 e. The molecule has 5 nitrogen and oxygen atoms in total. The van der Waals surface area contributed by atoms with Gasteiger partial charge in [0.15, 0.2) is 5.69 Å². The van der Waals surface area contributed by atoms with Crippen molar-refractivity contribution in [2.75, 3.05) is 20.7 Å². The molecule has 0 amide bonds. The number of rotatable bonds is 4. The normalized spacial score (nSPS) is 10.8. The number of likely N-dealkylation sites (N-methyl/N-ethyl adjacent to an activating group) is 1. The fourth-order valence-electron chi connectivity index (χ4n) is 1.78. The number of imidazole rings is 1. The number of carbonyl (C=O) groups is 1. The number of halogens is 1. The molecule has 6 heteroatoms. The predicted octanol–water partition coefficient (Wildman–Crippen LogP) is 1.65. The molecule has 0 aliphatic carbocycles. The number of fused-ring (bicyclic) bond motifs is 1. The Balaban J connectivity index is 2.55. The summed E-state index contributed by atoms with van der Waals surface area (Å²) in [6.45, 7) is 0.798. The average molecular weight is 312 g/mol. The molecule has 2 aromatic rings. The van der Waals surface area contributed by atoms with E-state index in [1.54, 1.807) is 0 Å². The zero-order valence-corrected chi connectivity index (χ0v) is 11.8. The molecule has 1 N–H and O–H groups in total. The maximum Gasteiger partial charge on any atom is 0.358 e. The highest BCUT2D eigenvalue weighted by Gasteiger charge is 2.17. The Kier molecular flexibility index (Phi) is 3.98. The lowest BCUT2D eigenvalue weighted by atomic mass is 10.3. The molecule has 96 valence electrons. The molecule has 0 bridgehead atoms. The molecule has 0 unspecified atom stereocenters. The van der Waals surface area contributed by atoms with Crippen molar-refractivity contribution in [3.63, 3.8) is 0 Å². The van der Waals surface area contributed by atoms with Gasteiger partial charge in [-0.2, -0.15) is 0 Å². The van der Waals surface area contributed by atoms with Crippen molar-refractivity contribution >= 4 is 27.4 Å². The number of carbonyl (C=O) groups excluding carboxylic acids is 1. The highest BCUT2D eigenvalue weighted by Crippen LogP contribution is 2.18. The van der Waals surface area contributed by atoms with Crippen LogP contribution < -0.4 is 5.32 Å². The molecule has 0 aliphatic rings. The van der Waals surface area contributed by atoms with Crippen LogP contribution in [0, 0.1) is 0 Å². The molecule has 0 atom stereocenters. The van der Waals surface area contributed by atoms with Crippen molar-refractivity contribution in [1.29, 1.82) is 0 Å². The van der Waals surface area contributed by atoms with Crippen molar-refractivity contribution in [3.05, 3.63) is 34.3 Å². The Morgan fingerprint density at radius 1 is 1.56 bits per heavy atom. The van der Waals surface area contributed by atoms with Gasteiger partial charge in [-0.25, -0.2) is 9.78 Å². The standard InChI is InChI=1S/C12H14BrN3O2/c1-14-6-5-10-15-11(12(17)18-2)9-4-3-8(13)7-16(9)10/h3-4,7,14H,5-6H2,1-2H3. The number of pyridine rings is 1. The fraction of sp³-hybridized carbons (Fsp3) is 0.333. The summed E-state index contributed by atoms with van der Waals surface area (Å²) in [5.41, 5.74) is 1.12. The van der Waals surface area contributed by atoms with E-state index in [9.17, 15) is 4.79 Å². The SMILES string of the molecule is CNCCc1nc(C(=O)OC)c2ccc(Br)cn12. The summed E-state index contributed by atoms with van der Waals surface area (Å²) in [7, 11) is 3.24. The summed E-state index contributed by atoms with van der Waals surface area (Å²) < 4.78 is 7.60. The second-order valence-electron chi connectivity index (χ2n) is 3.82. The van der Waals surface area contributed by atoms with Gasteiger partial charge in [-0.1, -0.05) is 0 Å². The Labute approximate surface area is 113 Å². The van der Waals surface area contributed by atoms with Crippen molar-refractivity contribution < 1.29 is 9.53 Å². The van der Waals surface area contributed by atoms with Crippen LogP contribution in [0.25, 0.3) is 5.52 Å². The van der Waals surface area contributed by atoms with E-state index < -0.39 is 5.97 Å². The lowest BCUT2D eigenvalue weighted by Crippen LogP contribution is -2.12. The third-order valence-corrected chi connectivity index (χ3v) is 3.12. The monoisotopic (exact) mass is 311 g/mol. The van der Waals surface area contributed by atoms with Gasteiger partial charge in [0.2, 0.25) is 0 Å². The number of hydrogen-bond acceptors (Lipinski definition) is 4. The molecule has 0 fully saturated rings. The van der Waals surface area contributed by atoms with Crippen molar-refractivity contribution in [2.24, 2.45) is 0 Å². The maximum absolute atomic E-state index is 11.7. The van der Waals surface area contributed by atoms with Crippen LogP contribution in [0.1, 0.15) is 16.3 Å². The molecule has 2 rings (SSSR count). The number of methoxy groups -OCH3 is 1. The highest BCUT2D eigenvalue weighted by atomic mass is 79.9. The van der Waals surface area contributed by atoms with Gasteiger partial charge in [-0.3, -0.25) is 0 Å². The van der Waals surface area contributed by atoms with E-state index in [2.05, 4.69) is 26.2 Å². The van der Waals surface area contributed by atoms with E-state index in [1.165, 1.54) is 7.11 Å². The molecule has 0 saturated heterocycles. The van der Waals surface area contributed by atoms with Crippen LogP contribution in [0.5, 0.6) is 0 Å². The minimum absolute atomic E-state index is 0.358.